The van der Waals surface area contributed by atoms with E-state index in [0.29, 0.717) is 5.41 Å². The second-order valence-electron chi connectivity index (χ2n) is 6.79. The van der Waals surface area contributed by atoms with E-state index in [2.05, 4.69) is 12.2 Å². The van der Waals surface area contributed by atoms with E-state index in [9.17, 15) is 9.59 Å². The zero-order valence-corrected chi connectivity index (χ0v) is 12.4. The maximum absolute atomic E-state index is 11.9. The number of carbonyl (C=O) groups excluding carboxylic acids is 1. The first-order valence-electron chi connectivity index (χ1n) is 7.27. The molecule has 0 atom stereocenters. The van der Waals surface area contributed by atoms with E-state index in [1.54, 1.807) is 0 Å². The summed E-state index contributed by atoms with van der Waals surface area (Å²) in [6.45, 7) is 6.58. The van der Waals surface area contributed by atoms with Gasteiger partial charge in [-0.25, -0.2) is 0 Å². The maximum atomic E-state index is 11.9. The van der Waals surface area contributed by atoms with Crippen LogP contribution < -0.4 is 5.32 Å². The highest BCUT2D eigenvalue weighted by atomic mass is 16.4. The molecule has 1 amide bonds. The minimum Gasteiger partial charge on any atom is -0.481 e. The first kappa shape index (κ1) is 16.0. The predicted molar refractivity (Wildman–Crippen MR) is 74.9 cm³/mol. The fraction of sp³-hybridized carbons (Fsp3) is 0.867. The summed E-state index contributed by atoms with van der Waals surface area (Å²) in [5.41, 5.74) is -0.158. The van der Waals surface area contributed by atoms with Crippen molar-refractivity contribution < 1.29 is 14.7 Å². The Morgan fingerprint density at radius 3 is 2.32 bits per heavy atom. The lowest BCUT2D eigenvalue weighted by molar-refractivity contribution is -0.139. The number of nitrogens with one attached hydrogen (secondary N) is 1. The minimum absolute atomic E-state index is 0.0198. The van der Waals surface area contributed by atoms with E-state index >= 15 is 0 Å². The molecule has 0 aromatic heterocycles. The van der Waals surface area contributed by atoms with Crippen molar-refractivity contribution >= 4 is 11.9 Å². The summed E-state index contributed by atoms with van der Waals surface area (Å²) in [7, 11) is 0. The smallest absolute Gasteiger partial charge is 0.303 e. The summed E-state index contributed by atoms with van der Waals surface area (Å²) in [6.07, 6.45) is 6.31. The Bertz CT molecular complexity index is 332. The first-order chi connectivity index (χ1) is 8.79. The molecule has 0 aromatic carbocycles. The summed E-state index contributed by atoms with van der Waals surface area (Å²) in [4.78, 5) is 22.6. The molecule has 2 N–H and O–H groups in total. The number of carboxylic acid groups (broad SMARTS) is 1. The highest BCUT2D eigenvalue weighted by molar-refractivity contribution is 5.77. The molecule has 19 heavy (non-hydrogen) atoms. The molecule has 1 rings (SSSR count). The van der Waals surface area contributed by atoms with Crippen LogP contribution in [0.3, 0.4) is 0 Å². The maximum Gasteiger partial charge on any atom is 0.303 e. The molecule has 1 fully saturated rings. The number of carboxylic acids is 1. The zero-order valence-electron chi connectivity index (χ0n) is 12.4. The lowest BCUT2D eigenvalue weighted by atomic mass is 9.66. The standard InChI is InChI=1S/C15H27NO3/c1-4-6-15(7-5-8-15)11-16-12(17)9-14(2,3)10-13(18)19/h4-11H2,1-3H3,(H,16,17)(H,18,19). The molecular weight excluding hydrogens is 242 g/mol. The molecule has 0 bridgehead atoms. The molecule has 4 nitrogen and oxygen atoms in total. The highest BCUT2D eigenvalue weighted by Crippen LogP contribution is 2.44. The van der Waals surface area contributed by atoms with Gasteiger partial charge in [-0.2, -0.15) is 0 Å². The molecule has 1 aliphatic carbocycles. The van der Waals surface area contributed by atoms with Crippen LogP contribution >= 0.6 is 0 Å². The fourth-order valence-electron chi connectivity index (χ4n) is 2.98. The predicted octanol–water partition coefficient (Wildman–Crippen LogP) is 2.96. The van der Waals surface area contributed by atoms with Gasteiger partial charge in [-0.15, -0.1) is 0 Å². The van der Waals surface area contributed by atoms with Gasteiger partial charge in [-0.3, -0.25) is 9.59 Å². The van der Waals surface area contributed by atoms with Crippen molar-refractivity contribution in [2.45, 2.75) is 65.7 Å². The van der Waals surface area contributed by atoms with Crippen LogP contribution in [0.4, 0.5) is 0 Å². The number of amides is 1. The van der Waals surface area contributed by atoms with Crippen LogP contribution in [0.1, 0.15) is 65.7 Å². The van der Waals surface area contributed by atoms with Gasteiger partial charge >= 0.3 is 5.97 Å². The van der Waals surface area contributed by atoms with E-state index < -0.39 is 11.4 Å². The Labute approximate surface area is 116 Å². The topological polar surface area (TPSA) is 66.4 Å². The first-order valence-corrected chi connectivity index (χ1v) is 7.27. The van der Waals surface area contributed by atoms with Gasteiger partial charge in [0.15, 0.2) is 0 Å². The van der Waals surface area contributed by atoms with Gasteiger partial charge in [0.1, 0.15) is 0 Å². The van der Waals surface area contributed by atoms with Crippen LogP contribution in [-0.4, -0.2) is 23.5 Å². The van der Waals surface area contributed by atoms with Crippen LogP contribution in [-0.2, 0) is 9.59 Å². The van der Waals surface area contributed by atoms with Crippen molar-refractivity contribution in [3.8, 4) is 0 Å². The Kier molecular flexibility index (Phi) is 5.39. The number of rotatable bonds is 8. The number of carbonyl (C=O) groups is 2. The summed E-state index contributed by atoms with van der Waals surface area (Å²) in [5, 5.41) is 11.8. The third-order valence-electron chi connectivity index (χ3n) is 4.12. The van der Waals surface area contributed by atoms with Crippen LogP contribution in [0.25, 0.3) is 0 Å². The molecule has 0 aromatic rings. The van der Waals surface area contributed by atoms with E-state index in [4.69, 9.17) is 5.11 Å². The third kappa shape index (κ3) is 5.21. The molecule has 0 saturated heterocycles. The molecule has 0 aliphatic heterocycles. The van der Waals surface area contributed by atoms with Crippen molar-refractivity contribution in [1.82, 2.24) is 5.32 Å². The molecule has 4 heteroatoms. The average molecular weight is 269 g/mol. The lowest BCUT2D eigenvalue weighted by Crippen LogP contribution is -2.43. The number of aliphatic carboxylic acids is 1. The molecule has 1 aliphatic rings. The molecule has 0 spiro atoms. The van der Waals surface area contributed by atoms with Gasteiger partial charge in [-0.1, -0.05) is 33.6 Å². The molecule has 0 heterocycles. The van der Waals surface area contributed by atoms with Crippen molar-refractivity contribution in [3.63, 3.8) is 0 Å². The zero-order chi connectivity index (χ0) is 14.5. The van der Waals surface area contributed by atoms with Gasteiger partial charge in [0.2, 0.25) is 5.91 Å². The van der Waals surface area contributed by atoms with Crippen LogP contribution in [0.5, 0.6) is 0 Å². The van der Waals surface area contributed by atoms with E-state index in [1.807, 2.05) is 13.8 Å². The fourth-order valence-corrected chi connectivity index (χ4v) is 2.98. The monoisotopic (exact) mass is 269 g/mol. The SMILES string of the molecule is CCCC1(CNC(=O)CC(C)(C)CC(=O)O)CCC1. The van der Waals surface area contributed by atoms with Gasteiger partial charge in [0.05, 0.1) is 6.42 Å². The summed E-state index contributed by atoms with van der Waals surface area (Å²) >= 11 is 0. The van der Waals surface area contributed by atoms with E-state index in [0.717, 1.165) is 13.0 Å². The van der Waals surface area contributed by atoms with Crippen LogP contribution in [0.2, 0.25) is 0 Å². The van der Waals surface area contributed by atoms with E-state index in [-0.39, 0.29) is 18.7 Å². The normalized spacial score (nSPS) is 17.6. The summed E-state index contributed by atoms with van der Waals surface area (Å²) in [6, 6.07) is 0. The van der Waals surface area contributed by atoms with Crippen molar-refractivity contribution in [2.24, 2.45) is 10.8 Å². The molecule has 0 unspecified atom stereocenters. The van der Waals surface area contributed by atoms with E-state index in [1.165, 1.54) is 25.7 Å². The van der Waals surface area contributed by atoms with Crippen LogP contribution in [0.15, 0.2) is 0 Å². The quantitative estimate of drug-likeness (QED) is 0.712. The molecule has 1 saturated carbocycles. The van der Waals surface area contributed by atoms with Crippen molar-refractivity contribution in [2.75, 3.05) is 6.54 Å². The largest absolute Gasteiger partial charge is 0.481 e. The number of hydrogen-bond donors (Lipinski definition) is 2. The van der Waals surface area contributed by atoms with Crippen molar-refractivity contribution in [3.05, 3.63) is 0 Å². The second kappa shape index (κ2) is 6.40. The second-order valence-corrected chi connectivity index (χ2v) is 6.79. The Morgan fingerprint density at radius 1 is 1.26 bits per heavy atom. The Morgan fingerprint density at radius 2 is 1.89 bits per heavy atom. The molecular formula is C15H27NO3. The Hall–Kier alpha value is -1.06. The minimum atomic E-state index is -0.848. The molecule has 0 radical (unpaired) electrons. The average Bonchev–Trinajstić information content (AvgIpc) is 2.18. The van der Waals surface area contributed by atoms with Crippen molar-refractivity contribution in [1.29, 1.82) is 0 Å². The summed E-state index contributed by atoms with van der Waals surface area (Å²) in [5.74, 6) is -0.868. The summed E-state index contributed by atoms with van der Waals surface area (Å²) < 4.78 is 0. The lowest BCUT2D eigenvalue weighted by Gasteiger charge is -2.42. The van der Waals surface area contributed by atoms with Gasteiger partial charge in [-0.05, 0) is 30.1 Å². The molecule has 110 valence electrons. The van der Waals surface area contributed by atoms with Gasteiger partial charge in [0, 0.05) is 13.0 Å². The van der Waals surface area contributed by atoms with Crippen LogP contribution in [0, 0.1) is 10.8 Å². The van der Waals surface area contributed by atoms with Gasteiger partial charge < -0.3 is 10.4 Å². The Balaban J connectivity index is 2.37. The number of hydrogen-bond acceptors (Lipinski definition) is 2. The highest BCUT2D eigenvalue weighted by Gasteiger charge is 2.36. The van der Waals surface area contributed by atoms with Gasteiger partial charge in [0.25, 0.3) is 0 Å². The third-order valence-corrected chi connectivity index (χ3v) is 4.12.